The smallest absolute Gasteiger partial charge is 0.295 e. The van der Waals surface area contributed by atoms with Crippen LogP contribution in [0.2, 0.25) is 0 Å². The lowest BCUT2D eigenvalue weighted by Gasteiger charge is -2.26. The van der Waals surface area contributed by atoms with Crippen molar-refractivity contribution in [2.24, 2.45) is 0 Å². The van der Waals surface area contributed by atoms with Gasteiger partial charge in [0.05, 0.1) is 24.8 Å². The van der Waals surface area contributed by atoms with E-state index in [4.69, 9.17) is 9.47 Å². The Balaban J connectivity index is 2.19. The Morgan fingerprint density at radius 2 is 1.79 bits per heavy atom. The van der Waals surface area contributed by atoms with Crippen LogP contribution in [-0.2, 0) is 19.7 Å². The molecule has 3 rings (SSSR count). The van der Waals surface area contributed by atoms with Gasteiger partial charge in [0.1, 0.15) is 17.3 Å². The van der Waals surface area contributed by atoms with Crippen molar-refractivity contribution in [2.75, 3.05) is 26.9 Å². The molecule has 1 aliphatic rings. The Hall–Kier alpha value is -3.19. The zero-order chi connectivity index (χ0) is 24.3. The van der Waals surface area contributed by atoms with Crippen molar-refractivity contribution in [2.45, 2.75) is 39.2 Å². The maximum absolute atomic E-state index is 13.6. The highest BCUT2D eigenvalue weighted by Crippen LogP contribution is 2.41. The fraction of sp³-hybridized carbons (Fsp3) is 0.385. The van der Waals surface area contributed by atoms with Crippen LogP contribution in [0.5, 0.6) is 5.75 Å². The first-order valence-electron chi connectivity index (χ1n) is 10.9. The molecule has 1 unspecified atom stereocenters. The highest BCUT2D eigenvalue weighted by molar-refractivity contribution is 6.46. The van der Waals surface area contributed by atoms with Gasteiger partial charge in [0.25, 0.3) is 11.7 Å². The van der Waals surface area contributed by atoms with Crippen molar-refractivity contribution in [3.63, 3.8) is 0 Å². The number of aliphatic hydroxyl groups is 1. The van der Waals surface area contributed by atoms with Gasteiger partial charge >= 0.3 is 0 Å². The molecule has 7 heteroatoms. The predicted octanol–water partition coefficient (Wildman–Crippen LogP) is 4.59. The number of ether oxygens (including phenoxy) is 2. The Morgan fingerprint density at radius 3 is 2.36 bits per heavy atom. The van der Waals surface area contributed by atoms with Crippen molar-refractivity contribution in [1.29, 1.82) is 0 Å². The van der Waals surface area contributed by atoms with E-state index in [0.717, 1.165) is 5.56 Å². The number of rotatable bonds is 7. The van der Waals surface area contributed by atoms with Crippen LogP contribution >= 0.6 is 0 Å². The van der Waals surface area contributed by atoms with Crippen LogP contribution in [0.1, 0.15) is 50.4 Å². The minimum Gasteiger partial charge on any atom is -0.507 e. The molecule has 2 aromatic carbocycles. The minimum atomic E-state index is -0.856. The van der Waals surface area contributed by atoms with Gasteiger partial charge in [-0.05, 0) is 48.2 Å². The molecule has 1 heterocycles. The fourth-order valence-electron chi connectivity index (χ4n) is 3.99. The number of nitrogens with zero attached hydrogens (tertiary/aromatic N) is 1. The zero-order valence-electron chi connectivity index (χ0n) is 19.6. The summed E-state index contributed by atoms with van der Waals surface area (Å²) >= 11 is 0. The summed E-state index contributed by atoms with van der Waals surface area (Å²) in [5, 5.41) is 11.3. The molecule has 6 nitrogen and oxygen atoms in total. The van der Waals surface area contributed by atoms with Crippen LogP contribution in [0.15, 0.2) is 48.0 Å². The SMILES string of the molecule is CCOc1ccc(/C(O)=C2/C(=O)C(=O)N(CCOC)C2c2ccc(F)cc2)cc1C(C)(C)C. The standard InChI is InChI=1S/C26H30FNO5/c1-6-33-20-12-9-17(15-19(20)26(2,3)4)23(29)21-22(16-7-10-18(27)11-8-16)28(13-14-32-5)25(31)24(21)30/h7-12,15,22,29H,6,13-14H2,1-5H3/b23-21-. The van der Waals surface area contributed by atoms with Crippen molar-refractivity contribution in [3.05, 3.63) is 70.5 Å². The van der Waals surface area contributed by atoms with Gasteiger partial charge in [0.2, 0.25) is 0 Å². The average molecular weight is 456 g/mol. The number of benzene rings is 2. The summed E-state index contributed by atoms with van der Waals surface area (Å²) in [7, 11) is 1.50. The first-order chi connectivity index (χ1) is 15.6. The zero-order valence-corrected chi connectivity index (χ0v) is 19.6. The number of ketones is 1. The Labute approximate surface area is 193 Å². The van der Waals surface area contributed by atoms with Gasteiger partial charge in [-0.2, -0.15) is 0 Å². The van der Waals surface area contributed by atoms with Crippen LogP contribution in [0.3, 0.4) is 0 Å². The number of carbonyl (C=O) groups is 2. The van der Waals surface area contributed by atoms with Crippen LogP contribution in [-0.4, -0.2) is 48.6 Å². The lowest BCUT2D eigenvalue weighted by Crippen LogP contribution is -2.32. The number of amides is 1. The number of hydrogen-bond acceptors (Lipinski definition) is 5. The van der Waals surface area contributed by atoms with E-state index in [1.54, 1.807) is 18.2 Å². The number of hydrogen-bond donors (Lipinski definition) is 1. The van der Waals surface area contributed by atoms with Gasteiger partial charge in [-0.1, -0.05) is 32.9 Å². The molecule has 33 heavy (non-hydrogen) atoms. The second-order valence-corrected chi connectivity index (χ2v) is 8.93. The number of carbonyl (C=O) groups excluding carboxylic acids is 2. The number of Topliss-reactive ketones (excluding diaryl/α,β-unsaturated/α-hetero) is 1. The first-order valence-corrected chi connectivity index (χ1v) is 10.9. The summed E-state index contributed by atoms with van der Waals surface area (Å²) in [5.74, 6) is -1.55. The molecule has 0 bridgehead atoms. The molecule has 1 atom stereocenters. The molecule has 1 aliphatic heterocycles. The summed E-state index contributed by atoms with van der Waals surface area (Å²) < 4.78 is 24.4. The first kappa shape index (κ1) is 24.5. The van der Waals surface area contributed by atoms with Crippen molar-refractivity contribution in [3.8, 4) is 5.75 Å². The summed E-state index contributed by atoms with van der Waals surface area (Å²) in [6.07, 6.45) is 0. The molecule has 0 aromatic heterocycles. The number of methoxy groups -OCH3 is 1. The van der Waals surface area contributed by atoms with E-state index in [1.807, 2.05) is 27.7 Å². The fourth-order valence-corrected chi connectivity index (χ4v) is 3.99. The van der Waals surface area contributed by atoms with Gasteiger partial charge < -0.3 is 19.5 Å². The third-order valence-electron chi connectivity index (χ3n) is 5.62. The topological polar surface area (TPSA) is 76.1 Å². The van der Waals surface area contributed by atoms with Gasteiger partial charge in [0.15, 0.2) is 0 Å². The Kier molecular flexibility index (Phi) is 7.22. The normalized spacial score (nSPS) is 18.1. The summed E-state index contributed by atoms with van der Waals surface area (Å²) in [4.78, 5) is 27.3. The van der Waals surface area contributed by atoms with Crippen LogP contribution in [0.4, 0.5) is 4.39 Å². The number of halogens is 1. The molecule has 0 radical (unpaired) electrons. The summed E-state index contributed by atoms with van der Waals surface area (Å²) in [6.45, 7) is 8.82. The summed E-state index contributed by atoms with van der Waals surface area (Å²) in [6, 6.07) is 9.90. The van der Waals surface area contributed by atoms with Gasteiger partial charge in [-0.3, -0.25) is 9.59 Å². The van der Waals surface area contributed by atoms with Gasteiger partial charge in [0, 0.05) is 24.8 Å². The van der Waals surface area contributed by atoms with E-state index in [1.165, 1.54) is 36.3 Å². The predicted molar refractivity (Wildman–Crippen MR) is 124 cm³/mol. The van der Waals surface area contributed by atoms with E-state index in [9.17, 15) is 19.1 Å². The van der Waals surface area contributed by atoms with E-state index < -0.39 is 23.5 Å². The van der Waals surface area contributed by atoms with Crippen molar-refractivity contribution in [1.82, 2.24) is 4.90 Å². The third kappa shape index (κ3) is 4.93. The lowest BCUT2D eigenvalue weighted by atomic mass is 9.84. The number of likely N-dealkylation sites (tertiary alicyclic amines) is 1. The van der Waals surface area contributed by atoms with Crippen LogP contribution in [0, 0.1) is 5.82 Å². The monoisotopic (exact) mass is 455 g/mol. The van der Waals surface area contributed by atoms with E-state index in [2.05, 4.69) is 0 Å². The molecule has 1 saturated heterocycles. The van der Waals surface area contributed by atoms with Gasteiger partial charge in [-0.25, -0.2) is 4.39 Å². The largest absolute Gasteiger partial charge is 0.507 e. The Bertz CT molecular complexity index is 1070. The maximum atomic E-state index is 13.6. The molecule has 1 N–H and O–H groups in total. The second-order valence-electron chi connectivity index (χ2n) is 8.93. The maximum Gasteiger partial charge on any atom is 0.295 e. The average Bonchev–Trinajstić information content (AvgIpc) is 3.02. The van der Waals surface area contributed by atoms with E-state index >= 15 is 0 Å². The molecule has 1 fully saturated rings. The molecular weight excluding hydrogens is 425 g/mol. The van der Waals surface area contributed by atoms with Gasteiger partial charge in [-0.15, -0.1) is 0 Å². The second kappa shape index (κ2) is 9.75. The third-order valence-corrected chi connectivity index (χ3v) is 5.62. The minimum absolute atomic E-state index is 0.0354. The molecule has 176 valence electrons. The van der Waals surface area contributed by atoms with Crippen molar-refractivity contribution >= 4 is 17.4 Å². The molecular formula is C26H30FNO5. The van der Waals surface area contributed by atoms with Crippen molar-refractivity contribution < 1.29 is 28.6 Å². The molecule has 1 amide bonds. The van der Waals surface area contributed by atoms with Crippen LogP contribution in [0.25, 0.3) is 5.76 Å². The quantitative estimate of drug-likeness (QED) is 0.375. The Morgan fingerprint density at radius 1 is 1.12 bits per heavy atom. The lowest BCUT2D eigenvalue weighted by molar-refractivity contribution is -0.140. The molecule has 0 spiro atoms. The molecule has 2 aromatic rings. The van der Waals surface area contributed by atoms with E-state index in [-0.39, 0.29) is 29.9 Å². The summed E-state index contributed by atoms with van der Waals surface area (Å²) in [5.41, 5.74) is 1.46. The molecule has 0 saturated carbocycles. The highest BCUT2D eigenvalue weighted by Gasteiger charge is 2.46. The van der Waals surface area contributed by atoms with Crippen LogP contribution < -0.4 is 4.74 Å². The molecule has 0 aliphatic carbocycles. The van der Waals surface area contributed by atoms with E-state index in [0.29, 0.717) is 23.5 Å². The highest BCUT2D eigenvalue weighted by atomic mass is 19.1. The number of aliphatic hydroxyl groups excluding tert-OH is 1.